The average Bonchev–Trinajstić information content (AvgIpc) is 3.24. The maximum Gasteiger partial charge on any atom is 0.226 e. The molecule has 1 N–H and O–H groups in total. The Labute approximate surface area is 151 Å². The number of carbonyl (C=O) groups is 1. The summed E-state index contributed by atoms with van der Waals surface area (Å²) in [5.41, 5.74) is 2.59. The fraction of sp³-hybridized carbons (Fsp3) is 0.500. The van der Waals surface area contributed by atoms with E-state index in [0.717, 1.165) is 22.4 Å². The molecule has 0 unspecified atom stereocenters. The number of aromatic nitrogens is 2. The van der Waals surface area contributed by atoms with E-state index in [1.165, 1.54) is 48.1 Å². The second kappa shape index (κ2) is 8.62. The van der Waals surface area contributed by atoms with Gasteiger partial charge in [0.15, 0.2) is 4.34 Å². The van der Waals surface area contributed by atoms with Crippen LogP contribution >= 0.6 is 23.1 Å². The fourth-order valence-corrected chi connectivity index (χ4v) is 4.89. The Kier molecular flexibility index (Phi) is 6.26. The highest BCUT2D eigenvalue weighted by atomic mass is 32.2. The van der Waals surface area contributed by atoms with Gasteiger partial charge in [-0.3, -0.25) is 4.79 Å². The third kappa shape index (κ3) is 5.05. The number of carbonyl (C=O) groups excluding carboxylic acids is 1. The molecular weight excluding hydrogens is 338 g/mol. The van der Waals surface area contributed by atoms with Crippen LogP contribution in [0.4, 0.5) is 5.13 Å². The molecular formula is C18H23N3OS2. The molecule has 1 aromatic heterocycles. The quantitative estimate of drug-likeness (QED) is 0.554. The molecule has 128 valence electrons. The first kappa shape index (κ1) is 17.4. The summed E-state index contributed by atoms with van der Waals surface area (Å²) >= 11 is 3.12. The molecule has 1 aliphatic carbocycles. The Morgan fingerprint density at radius 1 is 1.29 bits per heavy atom. The summed E-state index contributed by atoms with van der Waals surface area (Å²) in [5.74, 6) is 1.68. The number of aryl methyl sites for hydroxylation is 1. The standard InChI is InChI=1S/C18H23N3OS2/c1-13-6-2-5-9-15(13)12-23-18-21-20-17(24-18)19-16(22)11-10-14-7-3-4-8-14/h2,5-6,9,14H,3-4,7-8,10-12H2,1H3,(H,19,20,22). The zero-order valence-electron chi connectivity index (χ0n) is 14.0. The van der Waals surface area contributed by atoms with E-state index in [-0.39, 0.29) is 5.91 Å². The van der Waals surface area contributed by atoms with Gasteiger partial charge in [0.25, 0.3) is 0 Å². The van der Waals surface area contributed by atoms with Crippen LogP contribution < -0.4 is 5.32 Å². The summed E-state index contributed by atoms with van der Waals surface area (Å²) in [5, 5.41) is 11.8. The molecule has 1 fully saturated rings. The molecule has 4 nitrogen and oxygen atoms in total. The van der Waals surface area contributed by atoms with Gasteiger partial charge >= 0.3 is 0 Å². The van der Waals surface area contributed by atoms with Gasteiger partial charge in [-0.25, -0.2) is 0 Å². The van der Waals surface area contributed by atoms with Crippen LogP contribution in [-0.4, -0.2) is 16.1 Å². The highest BCUT2D eigenvalue weighted by Gasteiger charge is 2.17. The molecule has 0 radical (unpaired) electrons. The van der Waals surface area contributed by atoms with Gasteiger partial charge in [-0.15, -0.1) is 10.2 Å². The minimum absolute atomic E-state index is 0.0634. The van der Waals surface area contributed by atoms with E-state index in [1.54, 1.807) is 11.8 Å². The van der Waals surface area contributed by atoms with Crippen LogP contribution in [0.5, 0.6) is 0 Å². The van der Waals surface area contributed by atoms with Crippen LogP contribution in [0, 0.1) is 12.8 Å². The van der Waals surface area contributed by atoms with Crippen molar-refractivity contribution in [1.29, 1.82) is 0 Å². The maximum atomic E-state index is 12.0. The van der Waals surface area contributed by atoms with Gasteiger partial charge in [-0.05, 0) is 30.4 Å². The molecule has 0 atom stereocenters. The van der Waals surface area contributed by atoms with E-state index >= 15 is 0 Å². The van der Waals surface area contributed by atoms with Crippen LogP contribution in [0.25, 0.3) is 0 Å². The summed E-state index contributed by atoms with van der Waals surface area (Å²) in [6, 6.07) is 8.35. The summed E-state index contributed by atoms with van der Waals surface area (Å²) in [6.45, 7) is 2.12. The predicted octanol–water partition coefficient (Wildman–Crippen LogP) is 5.05. The molecule has 0 bridgehead atoms. The van der Waals surface area contributed by atoms with Gasteiger partial charge in [0.1, 0.15) is 0 Å². The summed E-state index contributed by atoms with van der Waals surface area (Å²) < 4.78 is 0.893. The van der Waals surface area contributed by atoms with Gasteiger partial charge in [-0.2, -0.15) is 0 Å². The number of amides is 1. The number of anilines is 1. The summed E-state index contributed by atoms with van der Waals surface area (Å²) in [7, 11) is 0. The fourth-order valence-electron chi connectivity index (χ4n) is 3.05. The lowest BCUT2D eigenvalue weighted by atomic mass is 10.0. The van der Waals surface area contributed by atoms with Gasteiger partial charge in [0, 0.05) is 12.2 Å². The molecule has 1 amide bonds. The topological polar surface area (TPSA) is 54.9 Å². The molecule has 1 aromatic carbocycles. The van der Waals surface area contributed by atoms with Gasteiger partial charge in [0.2, 0.25) is 11.0 Å². The summed E-state index contributed by atoms with van der Waals surface area (Å²) in [4.78, 5) is 12.0. The first-order valence-electron chi connectivity index (χ1n) is 8.51. The van der Waals surface area contributed by atoms with E-state index < -0.39 is 0 Å². The molecule has 2 aromatic rings. The molecule has 1 heterocycles. The van der Waals surface area contributed by atoms with Crippen LogP contribution in [0.1, 0.15) is 49.7 Å². The largest absolute Gasteiger partial charge is 0.301 e. The number of benzene rings is 1. The number of nitrogens with one attached hydrogen (secondary N) is 1. The first-order chi connectivity index (χ1) is 11.7. The van der Waals surface area contributed by atoms with Gasteiger partial charge < -0.3 is 5.32 Å². The van der Waals surface area contributed by atoms with Gasteiger partial charge in [0.05, 0.1) is 0 Å². The predicted molar refractivity (Wildman–Crippen MR) is 100 cm³/mol. The second-order valence-corrected chi connectivity index (χ2v) is 8.53. The van der Waals surface area contributed by atoms with E-state index in [0.29, 0.717) is 11.6 Å². The zero-order chi connectivity index (χ0) is 16.8. The molecule has 0 saturated heterocycles. The molecule has 6 heteroatoms. The Hall–Kier alpha value is -1.40. The van der Waals surface area contributed by atoms with Crippen LogP contribution in [0.2, 0.25) is 0 Å². The zero-order valence-corrected chi connectivity index (χ0v) is 15.6. The molecule has 24 heavy (non-hydrogen) atoms. The van der Waals surface area contributed by atoms with Crippen LogP contribution in [0.15, 0.2) is 28.6 Å². The van der Waals surface area contributed by atoms with E-state index in [4.69, 9.17) is 0 Å². The summed E-state index contributed by atoms with van der Waals surface area (Å²) in [6.07, 6.45) is 6.81. The number of rotatable bonds is 7. The molecule has 1 aliphatic rings. The molecule has 1 saturated carbocycles. The number of nitrogens with zero attached hydrogens (tertiary/aromatic N) is 2. The van der Waals surface area contributed by atoms with Crippen molar-refractivity contribution in [1.82, 2.24) is 10.2 Å². The van der Waals surface area contributed by atoms with Crippen molar-refractivity contribution in [3.8, 4) is 0 Å². The minimum atomic E-state index is 0.0634. The Balaban J connectivity index is 1.44. The van der Waals surface area contributed by atoms with Crippen molar-refractivity contribution in [2.45, 2.75) is 55.5 Å². The number of hydrogen-bond acceptors (Lipinski definition) is 5. The maximum absolute atomic E-state index is 12.0. The van der Waals surface area contributed by atoms with Crippen LogP contribution in [0.3, 0.4) is 0 Å². The Bertz CT molecular complexity index is 680. The lowest BCUT2D eigenvalue weighted by Crippen LogP contribution is -2.12. The smallest absolute Gasteiger partial charge is 0.226 e. The third-order valence-corrected chi connectivity index (χ3v) is 6.54. The van der Waals surface area contributed by atoms with Crippen molar-refractivity contribution in [3.63, 3.8) is 0 Å². The first-order valence-corrected chi connectivity index (χ1v) is 10.3. The Morgan fingerprint density at radius 3 is 2.88 bits per heavy atom. The van der Waals surface area contributed by atoms with Gasteiger partial charge in [-0.1, -0.05) is 73.0 Å². The highest BCUT2D eigenvalue weighted by molar-refractivity contribution is 8.00. The lowest BCUT2D eigenvalue weighted by molar-refractivity contribution is -0.116. The van der Waals surface area contributed by atoms with Crippen molar-refractivity contribution >= 4 is 34.1 Å². The Morgan fingerprint density at radius 2 is 2.08 bits per heavy atom. The van der Waals surface area contributed by atoms with Crippen molar-refractivity contribution < 1.29 is 4.79 Å². The number of thioether (sulfide) groups is 1. The van der Waals surface area contributed by atoms with Crippen molar-refractivity contribution in [2.75, 3.05) is 5.32 Å². The molecule has 0 spiro atoms. The minimum Gasteiger partial charge on any atom is -0.301 e. The number of hydrogen-bond donors (Lipinski definition) is 1. The molecule has 3 rings (SSSR count). The SMILES string of the molecule is Cc1ccccc1CSc1nnc(NC(=O)CCC2CCCC2)s1. The monoisotopic (exact) mass is 361 g/mol. The van der Waals surface area contributed by atoms with E-state index in [1.807, 2.05) is 6.07 Å². The second-order valence-electron chi connectivity index (χ2n) is 6.33. The highest BCUT2D eigenvalue weighted by Crippen LogP contribution is 2.30. The van der Waals surface area contributed by atoms with Crippen molar-refractivity contribution in [2.24, 2.45) is 5.92 Å². The van der Waals surface area contributed by atoms with E-state index in [2.05, 4.69) is 40.6 Å². The third-order valence-electron chi connectivity index (χ3n) is 4.52. The van der Waals surface area contributed by atoms with E-state index in [9.17, 15) is 4.79 Å². The van der Waals surface area contributed by atoms with Crippen LogP contribution in [-0.2, 0) is 10.5 Å². The van der Waals surface area contributed by atoms with Crippen molar-refractivity contribution in [3.05, 3.63) is 35.4 Å². The molecule has 0 aliphatic heterocycles. The lowest BCUT2D eigenvalue weighted by Gasteiger charge is -2.07. The normalized spacial score (nSPS) is 14.9. The average molecular weight is 362 g/mol.